The molecule has 0 heterocycles. The second-order valence-electron chi connectivity index (χ2n) is 4.90. The lowest BCUT2D eigenvalue weighted by molar-refractivity contribution is 0.625. The zero-order chi connectivity index (χ0) is 14.9. The van der Waals surface area contributed by atoms with Crippen LogP contribution in [0.5, 0.6) is 0 Å². The number of benzene rings is 2. The number of hydrogen-bond acceptors (Lipinski definition) is 2. The van der Waals surface area contributed by atoms with Gasteiger partial charge in [-0.05, 0) is 37.6 Å². The fraction of sp³-hybridized carbons (Fsp3) is 0.188. The molecule has 0 aromatic heterocycles. The van der Waals surface area contributed by atoms with Crippen LogP contribution in [0.2, 0.25) is 0 Å². The van der Waals surface area contributed by atoms with Crippen molar-refractivity contribution in [3.05, 3.63) is 58.9 Å². The first-order valence-electron chi connectivity index (χ1n) is 6.35. The van der Waals surface area contributed by atoms with Gasteiger partial charge in [-0.2, -0.15) is 0 Å². The lowest BCUT2D eigenvalue weighted by Crippen LogP contribution is -2.20. The second kappa shape index (κ2) is 5.33. The number of rotatable bonds is 3. The summed E-state index contributed by atoms with van der Waals surface area (Å²) in [6, 6.07) is 10.8. The van der Waals surface area contributed by atoms with E-state index in [2.05, 4.69) is 6.07 Å². The molecule has 0 atom stereocenters. The summed E-state index contributed by atoms with van der Waals surface area (Å²) in [7, 11) is 1.85. The molecule has 2 rings (SSSR count). The van der Waals surface area contributed by atoms with Gasteiger partial charge in [0.05, 0.1) is 11.3 Å². The molecule has 2 aromatic carbocycles. The van der Waals surface area contributed by atoms with Crippen molar-refractivity contribution in [1.29, 1.82) is 5.41 Å². The number of amidine groups is 1. The number of halogens is 1. The first-order valence-corrected chi connectivity index (χ1v) is 6.35. The van der Waals surface area contributed by atoms with E-state index in [1.807, 2.05) is 37.9 Å². The molecule has 104 valence electrons. The van der Waals surface area contributed by atoms with Gasteiger partial charge < -0.3 is 10.6 Å². The number of nitrogen functional groups attached to an aromatic ring is 1. The average Bonchev–Trinajstić information content (AvgIpc) is 2.37. The van der Waals surface area contributed by atoms with Crippen LogP contribution in [-0.2, 0) is 0 Å². The topological polar surface area (TPSA) is 53.1 Å². The van der Waals surface area contributed by atoms with Gasteiger partial charge in [0.15, 0.2) is 0 Å². The summed E-state index contributed by atoms with van der Waals surface area (Å²) in [5, 5.41) is 7.57. The van der Waals surface area contributed by atoms with Crippen molar-refractivity contribution >= 4 is 17.2 Å². The Morgan fingerprint density at radius 3 is 2.45 bits per heavy atom. The molecule has 0 fully saturated rings. The van der Waals surface area contributed by atoms with Gasteiger partial charge in [-0.1, -0.05) is 23.8 Å². The molecule has 0 radical (unpaired) electrons. The summed E-state index contributed by atoms with van der Waals surface area (Å²) in [4.78, 5) is 1.86. The van der Waals surface area contributed by atoms with E-state index in [4.69, 9.17) is 11.1 Å². The van der Waals surface area contributed by atoms with Crippen molar-refractivity contribution in [1.82, 2.24) is 0 Å². The van der Waals surface area contributed by atoms with E-state index in [1.54, 1.807) is 12.1 Å². The first-order chi connectivity index (χ1) is 9.41. The van der Waals surface area contributed by atoms with Gasteiger partial charge in [0.1, 0.15) is 11.7 Å². The normalized spacial score (nSPS) is 10.4. The molecule has 4 heteroatoms. The lowest BCUT2D eigenvalue weighted by atomic mass is 10.1. The number of nitrogens with two attached hydrogens (primary N) is 1. The molecular weight excluding hydrogens is 253 g/mol. The van der Waals surface area contributed by atoms with Crippen LogP contribution in [0.4, 0.5) is 15.8 Å². The highest BCUT2D eigenvalue weighted by atomic mass is 19.1. The Hall–Kier alpha value is -2.36. The molecule has 0 saturated heterocycles. The molecule has 3 nitrogen and oxygen atoms in total. The van der Waals surface area contributed by atoms with Crippen molar-refractivity contribution < 1.29 is 4.39 Å². The van der Waals surface area contributed by atoms with E-state index in [9.17, 15) is 4.39 Å². The van der Waals surface area contributed by atoms with Crippen LogP contribution in [0.25, 0.3) is 0 Å². The van der Waals surface area contributed by atoms with Crippen LogP contribution < -0.4 is 10.6 Å². The summed E-state index contributed by atoms with van der Waals surface area (Å²) >= 11 is 0. The standard InChI is InChI=1S/C16H18FN3/c1-10-7-8-13(11(2)9-10)20(3)14-6-4-5-12(17)15(14)16(18)19/h4-9H,1-3H3,(H3,18,19). The van der Waals surface area contributed by atoms with Crippen molar-refractivity contribution in [2.75, 3.05) is 11.9 Å². The molecule has 0 bridgehead atoms. The summed E-state index contributed by atoms with van der Waals surface area (Å²) in [5.41, 5.74) is 9.45. The minimum absolute atomic E-state index is 0.134. The van der Waals surface area contributed by atoms with E-state index < -0.39 is 5.82 Å². The zero-order valence-corrected chi connectivity index (χ0v) is 11.9. The van der Waals surface area contributed by atoms with E-state index in [-0.39, 0.29) is 11.4 Å². The van der Waals surface area contributed by atoms with E-state index in [0.717, 1.165) is 11.3 Å². The smallest absolute Gasteiger partial charge is 0.136 e. The maximum Gasteiger partial charge on any atom is 0.136 e. The molecule has 0 aliphatic heterocycles. The summed E-state index contributed by atoms with van der Waals surface area (Å²) in [6.45, 7) is 4.03. The SMILES string of the molecule is Cc1ccc(N(C)c2cccc(F)c2C(=N)N)c(C)c1. The fourth-order valence-corrected chi connectivity index (χ4v) is 2.37. The largest absolute Gasteiger partial charge is 0.384 e. The third kappa shape index (κ3) is 2.50. The minimum atomic E-state index is -0.480. The maximum atomic E-state index is 13.9. The predicted molar refractivity (Wildman–Crippen MR) is 81.4 cm³/mol. The lowest BCUT2D eigenvalue weighted by Gasteiger charge is -2.24. The maximum absolute atomic E-state index is 13.9. The summed E-state index contributed by atoms with van der Waals surface area (Å²) < 4.78 is 13.9. The van der Waals surface area contributed by atoms with Crippen LogP contribution >= 0.6 is 0 Å². The van der Waals surface area contributed by atoms with Crippen molar-refractivity contribution in [3.63, 3.8) is 0 Å². The molecule has 0 amide bonds. The molecule has 0 aliphatic rings. The quantitative estimate of drug-likeness (QED) is 0.663. The fourth-order valence-electron chi connectivity index (χ4n) is 2.37. The van der Waals surface area contributed by atoms with Gasteiger partial charge in [-0.15, -0.1) is 0 Å². The third-order valence-corrected chi connectivity index (χ3v) is 3.34. The van der Waals surface area contributed by atoms with E-state index in [0.29, 0.717) is 5.69 Å². The average molecular weight is 271 g/mol. The van der Waals surface area contributed by atoms with Crippen LogP contribution in [0.1, 0.15) is 16.7 Å². The Morgan fingerprint density at radius 2 is 1.85 bits per heavy atom. The highest BCUT2D eigenvalue weighted by Gasteiger charge is 2.16. The Labute approximate surface area is 118 Å². The van der Waals surface area contributed by atoms with Gasteiger partial charge in [-0.3, -0.25) is 5.41 Å². The van der Waals surface area contributed by atoms with Crippen molar-refractivity contribution in [3.8, 4) is 0 Å². The third-order valence-electron chi connectivity index (χ3n) is 3.34. The predicted octanol–water partition coefficient (Wildman–Crippen LogP) is 3.49. The van der Waals surface area contributed by atoms with Gasteiger partial charge >= 0.3 is 0 Å². The number of hydrogen-bond donors (Lipinski definition) is 2. The van der Waals surface area contributed by atoms with Crippen LogP contribution in [0, 0.1) is 25.1 Å². The highest BCUT2D eigenvalue weighted by Crippen LogP contribution is 2.30. The molecule has 0 aliphatic carbocycles. The number of aryl methyl sites for hydroxylation is 2. The van der Waals surface area contributed by atoms with Crippen molar-refractivity contribution in [2.24, 2.45) is 5.73 Å². The molecular formula is C16H18FN3. The summed E-state index contributed by atoms with van der Waals surface area (Å²) in [5.74, 6) is -0.749. The molecule has 0 unspecified atom stereocenters. The Morgan fingerprint density at radius 1 is 1.15 bits per heavy atom. The molecule has 0 saturated carbocycles. The van der Waals surface area contributed by atoms with E-state index in [1.165, 1.54) is 11.6 Å². The molecule has 0 spiro atoms. The van der Waals surface area contributed by atoms with Gasteiger partial charge in [0.25, 0.3) is 0 Å². The van der Waals surface area contributed by atoms with Crippen LogP contribution in [-0.4, -0.2) is 12.9 Å². The van der Waals surface area contributed by atoms with Gasteiger partial charge in [-0.25, -0.2) is 4.39 Å². The summed E-state index contributed by atoms with van der Waals surface area (Å²) in [6.07, 6.45) is 0. The minimum Gasteiger partial charge on any atom is -0.384 e. The number of anilines is 2. The first kappa shape index (κ1) is 14.1. The Kier molecular flexibility index (Phi) is 3.74. The Balaban J connectivity index is 2.56. The zero-order valence-electron chi connectivity index (χ0n) is 11.9. The molecule has 3 N–H and O–H groups in total. The monoisotopic (exact) mass is 271 g/mol. The van der Waals surface area contributed by atoms with Gasteiger partial charge in [0, 0.05) is 12.7 Å². The van der Waals surface area contributed by atoms with E-state index >= 15 is 0 Å². The number of nitrogens with one attached hydrogen (secondary N) is 1. The Bertz CT molecular complexity index is 665. The van der Waals surface area contributed by atoms with Gasteiger partial charge in [0.2, 0.25) is 0 Å². The van der Waals surface area contributed by atoms with Crippen LogP contribution in [0.3, 0.4) is 0 Å². The molecule has 20 heavy (non-hydrogen) atoms. The second-order valence-corrected chi connectivity index (χ2v) is 4.90. The van der Waals surface area contributed by atoms with Crippen molar-refractivity contribution in [2.45, 2.75) is 13.8 Å². The number of nitrogens with zero attached hydrogens (tertiary/aromatic N) is 1. The van der Waals surface area contributed by atoms with Crippen LogP contribution in [0.15, 0.2) is 36.4 Å². The highest BCUT2D eigenvalue weighted by molar-refractivity contribution is 6.01. The molecule has 2 aromatic rings.